The summed E-state index contributed by atoms with van der Waals surface area (Å²) in [7, 11) is -2.86. The molecule has 5 heteroatoms. The molecule has 118 valence electrons. The largest absolute Gasteiger partial charge is 0.301 e. The molecule has 1 fully saturated rings. The van der Waals surface area contributed by atoms with Crippen LogP contribution in [-0.4, -0.2) is 63.0 Å². The van der Waals surface area contributed by atoms with Crippen molar-refractivity contribution in [1.29, 1.82) is 0 Å². The Bertz CT molecular complexity index is 540. The Labute approximate surface area is 128 Å². The molecule has 1 aromatic rings. The Kier molecular flexibility index (Phi) is 5.79. The molecule has 0 amide bonds. The van der Waals surface area contributed by atoms with Crippen LogP contribution in [0.15, 0.2) is 24.3 Å². The van der Waals surface area contributed by atoms with E-state index in [0.29, 0.717) is 6.54 Å². The van der Waals surface area contributed by atoms with Crippen LogP contribution < -0.4 is 0 Å². The van der Waals surface area contributed by atoms with Crippen LogP contribution in [-0.2, 0) is 16.4 Å². The van der Waals surface area contributed by atoms with Crippen LogP contribution in [0.5, 0.6) is 0 Å². The van der Waals surface area contributed by atoms with E-state index in [0.717, 1.165) is 39.1 Å². The molecule has 0 bridgehead atoms. The lowest BCUT2D eigenvalue weighted by atomic mass is 10.1. The predicted molar refractivity (Wildman–Crippen MR) is 87.2 cm³/mol. The Hall–Kier alpha value is -0.910. The summed E-state index contributed by atoms with van der Waals surface area (Å²) < 4.78 is 22.5. The number of nitrogens with zero attached hydrogens (tertiary/aromatic N) is 2. The minimum absolute atomic E-state index is 0.269. The zero-order chi connectivity index (χ0) is 15.3. The first kappa shape index (κ1) is 16.5. The monoisotopic (exact) mass is 310 g/mol. The second-order valence-corrected chi connectivity index (χ2v) is 8.35. The molecule has 0 radical (unpaired) electrons. The minimum atomic E-state index is -2.86. The molecule has 0 aromatic heterocycles. The van der Waals surface area contributed by atoms with E-state index in [-0.39, 0.29) is 5.75 Å². The van der Waals surface area contributed by atoms with Crippen molar-refractivity contribution in [3.8, 4) is 0 Å². The van der Waals surface area contributed by atoms with E-state index in [1.165, 1.54) is 17.4 Å². The summed E-state index contributed by atoms with van der Waals surface area (Å²) in [4.78, 5) is 4.74. The lowest BCUT2D eigenvalue weighted by Crippen LogP contribution is -2.33. The SMILES string of the molecule is Cc1ccc(CN2CCCN(CCS(C)(=O)=O)CC2)cc1. The highest BCUT2D eigenvalue weighted by atomic mass is 32.2. The first-order valence-electron chi connectivity index (χ1n) is 7.60. The molecular weight excluding hydrogens is 284 g/mol. The number of benzene rings is 1. The lowest BCUT2D eigenvalue weighted by Gasteiger charge is -2.21. The molecule has 1 aliphatic heterocycles. The molecule has 2 rings (SSSR count). The van der Waals surface area contributed by atoms with Crippen LogP contribution in [0.4, 0.5) is 0 Å². The van der Waals surface area contributed by atoms with Crippen LogP contribution in [0.25, 0.3) is 0 Å². The fraction of sp³-hybridized carbons (Fsp3) is 0.625. The maximum Gasteiger partial charge on any atom is 0.148 e. The van der Waals surface area contributed by atoms with Crippen molar-refractivity contribution in [2.24, 2.45) is 0 Å². The fourth-order valence-corrected chi connectivity index (χ4v) is 3.24. The van der Waals surface area contributed by atoms with E-state index in [2.05, 4.69) is 41.0 Å². The number of sulfone groups is 1. The Morgan fingerprint density at radius 2 is 1.62 bits per heavy atom. The second kappa shape index (κ2) is 7.38. The van der Waals surface area contributed by atoms with Gasteiger partial charge in [-0.25, -0.2) is 8.42 Å². The van der Waals surface area contributed by atoms with Crippen molar-refractivity contribution >= 4 is 9.84 Å². The van der Waals surface area contributed by atoms with Gasteiger partial charge in [-0.15, -0.1) is 0 Å². The summed E-state index contributed by atoms with van der Waals surface area (Å²) in [6.07, 6.45) is 2.42. The normalized spacial score (nSPS) is 18.6. The molecule has 0 saturated carbocycles. The van der Waals surface area contributed by atoms with Crippen LogP contribution in [0, 0.1) is 6.92 Å². The van der Waals surface area contributed by atoms with Crippen molar-refractivity contribution in [1.82, 2.24) is 9.80 Å². The van der Waals surface area contributed by atoms with Crippen LogP contribution in [0.1, 0.15) is 17.5 Å². The van der Waals surface area contributed by atoms with Crippen LogP contribution in [0.2, 0.25) is 0 Å². The molecule has 0 spiro atoms. The summed E-state index contributed by atoms with van der Waals surface area (Å²) >= 11 is 0. The first-order valence-corrected chi connectivity index (χ1v) is 9.66. The van der Waals surface area contributed by atoms with Crippen molar-refractivity contribution in [3.05, 3.63) is 35.4 Å². The van der Waals surface area contributed by atoms with Gasteiger partial charge in [-0.2, -0.15) is 0 Å². The maximum atomic E-state index is 11.3. The molecule has 1 aliphatic rings. The summed E-state index contributed by atoms with van der Waals surface area (Å²) in [5.74, 6) is 0.269. The summed E-state index contributed by atoms with van der Waals surface area (Å²) in [6, 6.07) is 8.71. The van der Waals surface area contributed by atoms with Gasteiger partial charge in [0.15, 0.2) is 0 Å². The maximum absolute atomic E-state index is 11.3. The number of hydrogen-bond acceptors (Lipinski definition) is 4. The molecule has 0 atom stereocenters. The first-order chi connectivity index (χ1) is 9.92. The Morgan fingerprint density at radius 3 is 2.29 bits per heavy atom. The third kappa shape index (κ3) is 6.16. The van der Waals surface area contributed by atoms with Crippen molar-refractivity contribution in [2.75, 3.05) is 44.7 Å². The second-order valence-electron chi connectivity index (χ2n) is 6.09. The highest BCUT2D eigenvalue weighted by Gasteiger charge is 2.16. The third-order valence-corrected chi connectivity index (χ3v) is 4.91. The quantitative estimate of drug-likeness (QED) is 0.827. The summed E-state index contributed by atoms with van der Waals surface area (Å²) in [5, 5.41) is 0. The van der Waals surface area contributed by atoms with Gasteiger partial charge < -0.3 is 4.90 Å². The molecule has 0 unspecified atom stereocenters. The summed E-state index contributed by atoms with van der Waals surface area (Å²) in [5.41, 5.74) is 2.65. The predicted octanol–water partition coefficient (Wildman–Crippen LogP) is 1.55. The standard InChI is InChI=1S/C16H26N2O2S/c1-15-4-6-16(7-5-15)14-18-9-3-8-17(10-11-18)12-13-21(2,19)20/h4-7H,3,8-14H2,1-2H3. The summed E-state index contributed by atoms with van der Waals surface area (Å²) in [6.45, 7) is 7.81. The third-order valence-electron chi connectivity index (χ3n) is 3.99. The molecule has 1 heterocycles. The van der Waals surface area contributed by atoms with Gasteiger partial charge in [-0.3, -0.25) is 4.90 Å². The number of aryl methyl sites for hydroxylation is 1. The Morgan fingerprint density at radius 1 is 1.00 bits per heavy atom. The van der Waals surface area contributed by atoms with E-state index in [1.807, 2.05) is 0 Å². The molecule has 4 nitrogen and oxygen atoms in total. The van der Waals surface area contributed by atoms with E-state index >= 15 is 0 Å². The van der Waals surface area contributed by atoms with E-state index < -0.39 is 9.84 Å². The smallest absolute Gasteiger partial charge is 0.148 e. The lowest BCUT2D eigenvalue weighted by molar-refractivity contribution is 0.258. The average Bonchev–Trinajstić information content (AvgIpc) is 2.64. The zero-order valence-electron chi connectivity index (χ0n) is 13.1. The van der Waals surface area contributed by atoms with Gasteiger partial charge in [0, 0.05) is 32.4 Å². The number of rotatable bonds is 5. The molecule has 0 aliphatic carbocycles. The van der Waals surface area contributed by atoms with Crippen LogP contribution in [0.3, 0.4) is 0 Å². The molecule has 0 N–H and O–H groups in total. The molecule has 1 aromatic carbocycles. The fourth-order valence-electron chi connectivity index (χ4n) is 2.65. The van der Waals surface area contributed by atoms with E-state index in [9.17, 15) is 8.42 Å². The van der Waals surface area contributed by atoms with Crippen molar-refractivity contribution in [2.45, 2.75) is 19.9 Å². The van der Waals surface area contributed by atoms with E-state index in [1.54, 1.807) is 0 Å². The van der Waals surface area contributed by atoms with Crippen molar-refractivity contribution in [3.63, 3.8) is 0 Å². The Balaban J connectivity index is 1.81. The minimum Gasteiger partial charge on any atom is -0.301 e. The van der Waals surface area contributed by atoms with Crippen LogP contribution >= 0.6 is 0 Å². The van der Waals surface area contributed by atoms with E-state index in [4.69, 9.17) is 0 Å². The number of hydrogen-bond donors (Lipinski definition) is 0. The van der Waals surface area contributed by atoms with Crippen molar-refractivity contribution < 1.29 is 8.42 Å². The molecular formula is C16H26N2O2S. The van der Waals surface area contributed by atoms with Gasteiger partial charge >= 0.3 is 0 Å². The average molecular weight is 310 g/mol. The highest BCUT2D eigenvalue weighted by Crippen LogP contribution is 2.10. The molecule has 21 heavy (non-hydrogen) atoms. The van der Waals surface area contributed by atoms with Gasteiger partial charge in [-0.1, -0.05) is 29.8 Å². The topological polar surface area (TPSA) is 40.6 Å². The van der Waals surface area contributed by atoms with Gasteiger partial charge in [0.2, 0.25) is 0 Å². The molecule has 1 saturated heterocycles. The highest BCUT2D eigenvalue weighted by molar-refractivity contribution is 7.90. The van der Waals surface area contributed by atoms with Gasteiger partial charge in [0.05, 0.1) is 5.75 Å². The zero-order valence-corrected chi connectivity index (χ0v) is 13.9. The van der Waals surface area contributed by atoms with Gasteiger partial charge in [0.25, 0.3) is 0 Å². The van der Waals surface area contributed by atoms with Gasteiger partial charge in [-0.05, 0) is 32.0 Å². The van der Waals surface area contributed by atoms with Gasteiger partial charge in [0.1, 0.15) is 9.84 Å².